The summed E-state index contributed by atoms with van der Waals surface area (Å²) in [6.45, 7) is -4.92. The highest BCUT2D eigenvalue weighted by Crippen LogP contribution is 2.22. The van der Waals surface area contributed by atoms with Gasteiger partial charge in [0.15, 0.2) is 9.84 Å². The van der Waals surface area contributed by atoms with Crippen molar-refractivity contribution in [2.24, 2.45) is 0 Å². The smallest absolute Gasteiger partial charge is 0.445 e. The van der Waals surface area contributed by atoms with Crippen LogP contribution in [0.4, 0.5) is 12.9 Å². The van der Waals surface area contributed by atoms with Crippen LogP contribution in [0.2, 0.25) is 0 Å². The van der Waals surface area contributed by atoms with E-state index < -0.39 is 16.8 Å². The monoisotopic (exact) mass is 213 g/mol. The fraction of sp³-hybridized carbons (Fsp3) is 0.667. The molecule has 0 unspecified atom stereocenters. The van der Waals surface area contributed by atoms with Crippen molar-refractivity contribution in [3.05, 3.63) is 11.5 Å². The summed E-state index contributed by atoms with van der Waals surface area (Å²) in [5, 5.41) is 0. The van der Waals surface area contributed by atoms with E-state index in [9.17, 15) is 21.4 Å². The summed E-state index contributed by atoms with van der Waals surface area (Å²) in [4.78, 5) is 0. The third-order valence-corrected chi connectivity index (χ3v) is 3.55. The number of hydrogen-bond acceptors (Lipinski definition) is 2. The Morgan fingerprint density at radius 1 is 1.15 bits per heavy atom. The minimum atomic E-state index is -4.92. The second kappa shape index (κ2) is 3.36. The highest BCUT2D eigenvalue weighted by molar-refractivity contribution is 7.91. The highest BCUT2D eigenvalue weighted by Gasteiger charge is 2.24. The van der Waals surface area contributed by atoms with E-state index in [1.807, 2.05) is 0 Å². The van der Waals surface area contributed by atoms with Gasteiger partial charge in [-0.25, -0.2) is 8.42 Å². The average Bonchev–Trinajstić information content (AvgIpc) is 1.91. The van der Waals surface area contributed by atoms with Gasteiger partial charge in [-0.2, -0.15) is 0 Å². The maximum atomic E-state index is 11.9. The highest BCUT2D eigenvalue weighted by atomic mass is 32.2. The van der Waals surface area contributed by atoms with Crippen molar-refractivity contribution < 1.29 is 21.4 Å². The van der Waals surface area contributed by atoms with Crippen LogP contribution in [0.1, 0.15) is 12.8 Å². The van der Waals surface area contributed by atoms with E-state index in [0.29, 0.717) is 0 Å². The molecule has 0 amide bonds. The van der Waals surface area contributed by atoms with E-state index in [0.717, 1.165) is 0 Å². The average molecular weight is 213 g/mol. The molecule has 1 aliphatic heterocycles. The first kappa shape index (κ1) is 10.6. The molecule has 0 N–H and O–H groups in total. The van der Waals surface area contributed by atoms with Crippen molar-refractivity contribution in [1.82, 2.24) is 0 Å². The summed E-state index contributed by atoms with van der Waals surface area (Å²) >= 11 is 0. The Balaban J connectivity index is 2.65. The van der Waals surface area contributed by atoms with E-state index in [1.54, 1.807) is 0 Å². The predicted octanol–water partition coefficient (Wildman–Crippen LogP) is 1.51. The lowest BCUT2D eigenvalue weighted by Gasteiger charge is -2.18. The molecule has 1 saturated heterocycles. The van der Waals surface area contributed by atoms with Gasteiger partial charge < -0.3 is 12.9 Å². The van der Waals surface area contributed by atoms with E-state index >= 15 is 0 Å². The topological polar surface area (TPSA) is 34.1 Å². The molecule has 0 atom stereocenters. The van der Waals surface area contributed by atoms with Crippen molar-refractivity contribution in [3.8, 4) is 0 Å². The maximum absolute atomic E-state index is 11.9. The van der Waals surface area contributed by atoms with E-state index in [-0.39, 0.29) is 35.9 Å². The Morgan fingerprint density at radius 3 is 2.00 bits per heavy atom. The molecule has 0 spiro atoms. The number of hydrogen-bond donors (Lipinski definition) is 0. The maximum Gasteiger partial charge on any atom is 0.502 e. The fourth-order valence-electron chi connectivity index (χ4n) is 1.23. The predicted molar refractivity (Wildman–Crippen MR) is 45.0 cm³/mol. The van der Waals surface area contributed by atoms with Gasteiger partial charge in [0.05, 0.1) is 11.5 Å². The Morgan fingerprint density at radius 2 is 1.62 bits per heavy atom. The second-order valence-corrected chi connectivity index (χ2v) is 5.41. The van der Waals surface area contributed by atoms with Gasteiger partial charge in [0.25, 0.3) is 0 Å². The standard InChI is InChI=1S/C6H9BF3O2S/c8-7(9,10)5-6-1-3-13(11,12)4-2-6/h5H,1-4H2/q-1. The zero-order valence-electron chi connectivity index (χ0n) is 6.84. The van der Waals surface area contributed by atoms with Gasteiger partial charge in [-0.1, -0.05) is 0 Å². The largest absolute Gasteiger partial charge is 0.502 e. The minimum Gasteiger partial charge on any atom is -0.445 e. The van der Waals surface area contributed by atoms with Crippen LogP contribution in [0.3, 0.4) is 0 Å². The number of allylic oxidation sites excluding steroid dienone is 1. The Labute approximate surface area is 74.8 Å². The van der Waals surface area contributed by atoms with Crippen LogP contribution in [0, 0.1) is 0 Å². The molecule has 0 bridgehead atoms. The molecule has 1 aliphatic rings. The van der Waals surface area contributed by atoms with Crippen LogP contribution >= 0.6 is 0 Å². The van der Waals surface area contributed by atoms with E-state index in [4.69, 9.17) is 0 Å². The lowest BCUT2D eigenvalue weighted by molar-refractivity contribution is 0.496. The van der Waals surface area contributed by atoms with Crippen molar-refractivity contribution >= 4 is 16.8 Å². The molecule has 0 aromatic rings. The lowest BCUT2D eigenvalue weighted by Crippen LogP contribution is -2.21. The van der Waals surface area contributed by atoms with Gasteiger partial charge in [-0.3, -0.25) is 0 Å². The first-order valence-corrected chi connectivity index (χ1v) is 5.72. The van der Waals surface area contributed by atoms with E-state index in [1.165, 1.54) is 0 Å². The van der Waals surface area contributed by atoms with Gasteiger partial charge in [0.1, 0.15) is 0 Å². The quantitative estimate of drug-likeness (QED) is 0.618. The van der Waals surface area contributed by atoms with Gasteiger partial charge >= 0.3 is 6.98 Å². The molecule has 0 radical (unpaired) electrons. The summed E-state index contributed by atoms with van der Waals surface area (Å²) in [6.07, 6.45) is 0.0627. The van der Waals surface area contributed by atoms with Crippen LogP contribution in [0.25, 0.3) is 0 Å². The Bertz CT molecular complexity index is 301. The van der Waals surface area contributed by atoms with Crippen molar-refractivity contribution in [2.75, 3.05) is 11.5 Å². The molecule has 0 aromatic heterocycles. The molecule has 0 saturated carbocycles. The zero-order chi connectivity index (χ0) is 10.1. The molecule has 0 aliphatic carbocycles. The lowest BCUT2D eigenvalue weighted by atomic mass is 9.87. The molecule has 13 heavy (non-hydrogen) atoms. The molecule has 1 rings (SSSR count). The molecule has 1 heterocycles. The van der Waals surface area contributed by atoms with Crippen LogP contribution in [-0.4, -0.2) is 26.9 Å². The molecule has 7 heteroatoms. The SMILES string of the molecule is O=S1(=O)CCC(=C[B-](F)(F)F)CC1. The third kappa shape index (κ3) is 3.84. The minimum absolute atomic E-state index is 0.0313. The fourth-order valence-corrected chi connectivity index (χ4v) is 2.58. The molecular weight excluding hydrogens is 204 g/mol. The van der Waals surface area contributed by atoms with Crippen molar-refractivity contribution in [3.63, 3.8) is 0 Å². The van der Waals surface area contributed by atoms with Gasteiger partial charge in [-0.05, 0) is 12.8 Å². The van der Waals surface area contributed by atoms with Crippen LogP contribution in [0.5, 0.6) is 0 Å². The molecule has 0 aromatic carbocycles. The van der Waals surface area contributed by atoms with Crippen molar-refractivity contribution in [1.29, 1.82) is 0 Å². The molecule has 2 nitrogen and oxygen atoms in total. The number of sulfone groups is 1. The summed E-state index contributed by atoms with van der Waals surface area (Å²) in [5.74, 6) is -0.0231. The first-order valence-electron chi connectivity index (χ1n) is 3.89. The third-order valence-electron chi connectivity index (χ3n) is 1.89. The summed E-state index contributed by atoms with van der Waals surface area (Å²) in [5.41, 5.74) is 0.210. The van der Waals surface area contributed by atoms with Gasteiger partial charge in [0, 0.05) is 0 Å². The van der Waals surface area contributed by atoms with Crippen LogP contribution in [0.15, 0.2) is 11.5 Å². The van der Waals surface area contributed by atoms with Crippen LogP contribution in [-0.2, 0) is 9.84 Å². The Hall–Kier alpha value is -0.455. The van der Waals surface area contributed by atoms with Crippen LogP contribution < -0.4 is 0 Å². The summed E-state index contributed by atoms with van der Waals surface area (Å²) in [7, 11) is -3.07. The number of halogens is 3. The zero-order valence-corrected chi connectivity index (χ0v) is 7.66. The summed E-state index contributed by atoms with van der Waals surface area (Å²) < 4.78 is 57.3. The molecular formula is C6H9BF3O2S-. The first-order chi connectivity index (χ1) is 5.79. The second-order valence-electron chi connectivity index (χ2n) is 3.10. The molecule has 1 fully saturated rings. The summed E-state index contributed by atoms with van der Waals surface area (Å²) in [6, 6.07) is 0. The Kier molecular flexibility index (Phi) is 2.75. The molecule has 76 valence electrons. The number of rotatable bonds is 1. The normalized spacial score (nSPS) is 22.8. The van der Waals surface area contributed by atoms with Gasteiger partial charge in [-0.15, -0.1) is 11.5 Å². The van der Waals surface area contributed by atoms with Gasteiger partial charge in [0.2, 0.25) is 0 Å². The van der Waals surface area contributed by atoms with E-state index in [2.05, 4.69) is 0 Å². The van der Waals surface area contributed by atoms with Crippen molar-refractivity contribution in [2.45, 2.75) is 12.8 Å².